The van der Waals surface area contributed by atoms with Gasteiger partial charge in [0, 0.05) is 43.3 Å². The van der Waals surface area contributed by atoms with Crippen molar-refractivity contribution in [3.05, 3.63) is 54.8 Å². The molecule has 1 atom stereocenters. The van der Waals surface area contributed by atoms with Crippen LogP contribution in [-0.4, -0.2) is 53.3 Å². The van der Waals surface area contributed by atoms with Crippen molar-refractivity contribution in [2.24, 2.45) is 0 Å². The van der Waals surface area contributed by atoms with Gasteiger partial charge in [-0.1, -0.05) is 0 Å². The van der Waals surface area contributed by atoms with Crippen molar-refractivity contribution in [1.82, 2.24) is 23.7 Å². The van der Waals surface area contributed by atoms with Gasteiger partial charge in [0.05, 0.1) is 16.7 Å². The first-order chi connectivity index (χ1) is 15.1. The lowest BCUT2D eigenvalue weighted by molar-refractivity contribution is 0.346. The number of rotatable bonds is 5. The zero-order chi connectivity index (χ0) is 21.4. The van der Waals surface area contributed by atoms with Crippen molar-refractivity contribution in [2.45, 2.75) is 18.9 Å². The molecule has 0 radical (unpaired) electrons. The fraction of sp³-hybridized carbons (Fsp3) is 0.286. The van der Waals surface area contributed by atoms with E-state index in [-0.39, 0.29) is 11.9 Å². The Balaban J connectivity index is 1.46. The molecule has 1 fully saturated rings. The molecular formula is C21H21FN6O2S. The molecule has 1 aliphatic heterocycles. The van der Waals surface area contributed by atoms with E-state index in [1.807, 2.05) is 14.8 Å². The maximum atomic E-state index is 13.4. The normalized spacial score (nSPS) is 16.6. The molecule has 0 bridgehead atoms. The number of benzene rings is 1. The number of hydrogen-bond acceptors (Lipinski definition) is 6. The van der Waals surface area contributed by atoms with Crippen LogP contribution in [0.1, 0.15) is 12.8 Å². The van der Waals surface area contributed by atoms with Gasteiger partial charge in [0.2, 0.25) is 5.95 Å². The molecule has 1 N–H and O–H groups in total. The van der Waals surface area contributed by atoms with Crippen LogP contribution in [0.2, 0.25) is 0 Å². The molecule has 31 heavy (non-hydrogen) atoms. The highest BCUT2D eigenvalue weighted by atomic mass is 32.2. The number of nitrogens with one attached hydrogen (secondary N) is 1. The molecule has 10 heteroatoms. The lowest BCUT2D eigenvalue weighted by Crippen LogP contribution is -2.39. The van der Waals surface area contributed by atoms with E-state index in [4.69, 9.17) is 9.40 Å². The maximum absolute atomic E-state index is 13.4. The van der Waals surface area contributed by atoms with Gasteiger partial charge >= 0.3 is 5.84 Å². The molecular weight excluding hydrogens is 419 g/mol. The number of halogens is 1. The van der Waals surface area contributed by atoms with Gasteiger partial charge in [-0.05, 0) is 43.2 Å². The average Bonchev–Trinajstić information content (AvgIpc) is 3.36. The van der Waals surface area contributed by atoms with Crippen LogP contribution in [0, 0.1) is 5.82 Å². The van der Waals surface area contributed by atoms with Crippen LogP contribution in [-0.2, 0) is 11.0 Å². The highest BCUT2D eigenvalue weighted by molar-refractivity contribution is 7.81. The first-order valence-corrected chi connectivity index (χ1v) is 11.5. The van der Waals surface area contributed by atoms with E-state index in [1.165, 1.54) is 12.1 Å². The third-order valence-electron chi connectivity index (χ3n) is 5.43. The molecule has 5 rings (SSSR count). The molecule has 4 aromatic rings. The van der Waals surface area contributed by atoms with Gasteiger partial charge in [-0.15, -0.1) is 0 Å². The number of aromatic nitrogens is 4. The van der Waals surface area contributed by atoms with E-state index in [9.17, 15) is 8.60 Å². The van der Waals surface area contributed by atoms with E-state index < -0.39 is 11.0 Å². The fourth-order valence-corrected chi connectivity index (χ4v) is 4.56. The predicted molar refractivity (Wildman–Crippen MR) is 116 cm³/mol. The Morgan fingerprint density at radius 1 is 1.16 bits per heavy atom. The molecule has 0 amide bonds. The lowest BCUT2D eigenvalue weighted by atomic mass is 10.1. The van der Waals surface area contributed by atoms with Gasteiger partial charge in [-0.25, -0.2) is 22.9 Å². The summed E-state index contributed by atoms with van der Waals surface area (Å²) in [7, 11) is -0.937. The molecule has 0 aliphatic carbocycles. The standard InChI is InChI=1S/C21H21FN6O2S/c1-31(29)27-10-7-16(8-11-27)24-20-23-9-6-17(25-20)19-18(14-2-4-15(22)5-3-14)26-21-28(19)12-13-30-21/h2-6,9,12-13,16H,7-8,10-11H2,1H3,(H,23,24,25). The number of piperidine rings is 1. The van der Waals surface area contributed by atoms with Crippen molar-refractivity contribution in [1.29, 1.82) is 0 Å². The minimum absolute atomic E-state index is 0.214. The van der Waals surface area contributed by atoms with Crippen molar-refractivity contribution in [3.8, 4) is 22.6 Å². The predicted octanol–water partition coefficient (Wildman–Crippen LogP) is 3.36. The van der Waals surface area contributed by atoms with Crippen LogP contribution in [0.3, 0.4) is 0 Å². The highest BCUT2D eigenvalue weighted by Gasteiger charge is 2.23. The van der Waals surface area contributed by atoms with Gasteiger partial charge in [0.1, 0.15) is 23.5 Å². The first-order valence-electron chi connectivity index (χ1n) is 9.98. The Morgan fingerprint density at radius 2 is 1.94 bits per heavy atom. The summed E-state index contributed by atoms with van der Waals surface area (Å²) in [6.07, 6.45) is 8.49. The molecule has 1 aliphatic rings. The van der Waals surface area contributed by atoms with Gasteiger partial charge in [-0.2, -0.15) is 4.98 Å². The van der Waals surface area contributed by atoms with Crippen molar-refractivity contribution in [2.75, 3.05) is 24.7 Å². The Hall–Kier alpha value is -3.11. The number of anilines is 1. The van der Waals surface area contributed by atoms with Gasteiger partial charge in [0.25, 0.3) is 0 Å². The molecule has 0 spiro atoms. The van der Waals surface area contributed by atoms with E-state index in [0.29, 0.717) is 23.2 Å². The molecule has 1 saturated heterocycles. The molecule has 4 heterocycles. The Labute approximate surface area is 180 Å². The van der Waals surface area contributed by atoms with Crippen molar-refractivity contribution >= 4 is 22.8 Å². The average molecular weight is 441 g/mol. The summed E-state index contributed by atoms with van der Waals surface area (Å²) in [6.45, 7) is 1.54. The first kappa shape index (κ1) is 19.8. The molecule has 8 nitrogen and oxygen atoms in total. The summed E-state index contributed by atoms with van der Waals surface area (Å²) in [5.41, 5.74) is 2.85. The second kappa shape index (κ2) is 8.20. The van der Waals surface area contributed by atoms with Crippen LogP contribution in [0.15, 0.2) is 53.4 Å². The zero-order valence-electron chi connectivity index (χ0n) is 16.9. The quantitative estimate of drug-likeness (QED) is 0.512. The summed E-state index contributed by atoms with van der Waals surface area (Å²) in [4.78, 5) is 13.7. The second-order valence-electron chi connectivity index (χ2n) is 7.41. The van der Waals surface area contributed by atoms with Crippen LogP contribution in [0.4, 0.5) is 10.3 Å². The van der Waals surface area contributed by atoms with E-state index in [1.54, 1.807) is 37.0 Å². The SMILES string of the molecule is CS(=O)N1CCC(Nc2nccc(-c3c(-c4ccc(F)cc4)nc4occn34)n2)CC1. The van der Waals surface area contributed by atoms with Crippen molar-refractivity contribution < 1.29 is 13.0 Å². The Kier molecular flexibility index (Phi) is 5.24. The second-order valence-corrected chi connectivity index (χ2v) is 8.77. The summed E-state index contributed by atoms with van der Waals surface area (Å²) >= 11 is 0. The largest absolute Gasteiger partial charge is 0.432 e. The number of nitrogens with zero attached hydrogens (tertiary/aromatic N) is 5. The monoisotopic (exact) mass is 440 g/mol. The Bertz CT molecular complexity index is 1230. The molecule has 1 aromatic carbocycles. The summed E-state index contributed by atoms with van der Waals surface area (Å²) < 4.78 is 34.3. The highest BCUT2D eigenvalue weighted by Crippen LogP contribution is 2.32. The van der Waals surface area contributed by atoms with Crippen LogP contribution < -0.4 is 5.32 Å². The third-order valence-corrected chi connectivity index (χ3v) is 6.52. The molecule has 160 valence electrons. The lowest BCUT2D eigenvalue weighted by Gasteiger charge is -2.30. The minimum atomic E-state index is -0.937. The summed E-state index contributed by atoms with van der Waals surface area (Å²) in [5, 5.41) is 3.40. The van der Waals surface area contributed by atoms with Crippen LogP contribution in [0.5, 0.6) is 0 Å². The van der Waals surface area contributed by atoms with Gasteiger partial charge in [0.15, 0.2) is 0 Å². The zero-order valence-corrected chi connectivity index (χ0v) is 17.7. The van der Waals surface area contributed by atoms with Crippen LogP contribution in [0.25, 0.3) is 28.5 Å². The number of oxazole rings is 1. The van der Waals surface area contributed by atoms with Crippen LogP contribution >= 0.6 is 0 Å². The van der Waals surface area contributed by atoms with E-state index in [2.05, 4.69) is 15.3 Å². The van der Waals surface area contributed by atoms with Crippen molar-refractivity contribution in [3.63, 3.8) is 0 Å². The summed E-state index contributed by atoms with van der Waals surface area (Å²) in [6, 6.07) is 8.22. The molecule has 0 saturated carbocycles. The van der Waals surface area contributed by atoms with E-state index >= 15 is 0 Å². The number of hydrogen-bond donors (Lipinski definition) is 1. The maximum Gasteiger partial charge on any atom is 0.306 e. The van der Waals surface area contributed by atoms with E-state index in [0.717, 1.165) is 37.2 Å². The van der Waals surface area contributed by atoms with Gasteiger partial charge in [-0.3, -0.25) is 4.40 Å². The fourth-order valence-electron chi connectivity index (χ4n) is 3.84. The minimum Gasteiger partial charge on any atom is -0.432 e. The number of imidazole rings is 1. The molecule has 3 aromatic heterocycles. The molecule has 1 unspecified atom stereocenters. The smallest absolute Gasteiger partial charge is 0.306 e. The Morgan fingerprint density at radius 3 is 2.68 bits per heavy atom. The van der Waals surface area contributed by atoms with Gasteiger partial charge < -0.3 is 9.73 Å². The number of fused-ring (bicyclic) bond motifs is 1. The third kappa shape index (κ3) is 3.96. The topological polar surface area (TPSA) is 88.6 Å². The summed E-state index contributed by atoms with van der Waals surface area (Å²) in [5.74, 6) is 0.652.